The lowest BCUT2D eigenvalue weighted by Gasteiger charge is -2.01. The fourth-order valence-corrected chi connectivity index (χ4v) is 1.18. The van der Waals surface area contributed by atoms with Gasteiger partial charge < -0.3 is 0 Å². The van der Waals surface area contributed by atoms with Gasteiger partial charge in [0, 0.05) is 6.54 Å². The number of nitro groups is 1. The maximum atomic E-state index is 11.2. The summed E-state index contributed by atoms with van der Waals surface area (Å²) in [6, 6.07) is 0. The Kier molecular flexibility index (Phi) is 3.67. The van der Waals surface area contributed by atoms with Crippen molar-refractivity contribution in [3.8, 4) is 0 Å². The molecule has 0 aliphatic heterocycles. The third kappa shape index (κ3) is 2.69. The van der Waals surface area contributed by atoms with E-state index in [-0.39, 0.29) is 0 Å². The van der Waals surface area contributed by atoms with Crippen LogP contribution in [0.3, 0.4) is 0 Å². The predicted molar refractivity (Wildman–Crippen MR) is 56.4 cm³/mol. The second-order valence-electron chi connectivity index (χ2n) is 2.80. The van der Waals surface area contributed by atoms with Crippen LogP contribution in [0.5, 0.6) is 0 Å². The summed E-state index contributed by atoms with van der Waals surface area (Å²) in [5.41, 5.74) is -2.26. The normalized spacial score (nSPS) is 10.2. The van der Waals surface area contributed by atoms with Crippen molar-refractivity contribution in [2.75, 3.05) is 5.75 Å². The average molecular weight is 231 g/mol. The standard InChI is InChI=1S/C7H9N3O4S/c11-6-5(10(13)14)4-9(2-1-3-15)7(12)8-6/h4,15H,1-3H2,(H,8,11,12). The smallest absolute Gasteiger partial charge is 0.294 e. The zero-order valence-electron chi connectivity index (χ0n) is 7.67. The Morgan fingerprint density at radius 3 is 2.73 bits per heavy atom. The number of thiol groups is 1. The molecule has 8 heteroatoms. The number of nitrogens with zero attached hydrogens (tertiary/aromatic N) is 2. The third-order valence-corrected chi connectivity index (χ3v) is 2.06. The van der Waals surface area contributed by atoms with Gasteiger partial charge in [0.05, 0.1) is 11.1 Å². The molecule has 0 amide bonds. The monoisotopic (exact) mass is 231 g/mol. The van der Waals surface area contributed by atoms with E-state index >= 15 is 0 Å². The molecule has 1 heterocycles. The highest BCUT2D eigenvalue weighted by molar-refractivity contribution is 7.80. The Morgan fingerprint density at radius 2 is 2.20 bits per heavy atom. The number of nitrogens with one attached hydrogen (secondary N) is 1. The molecule has 1 rings (SSSR count). The zero-order chi connectivity index (χ0) is 11.4. The van der Waals surface area contributed by atoms with Gasteiger partial charge in [-0.05, 0) is 12.2 Å². The minimum Gasteiger partial charge on any atom is -0.294 e. The Bertz CT molecular complexity index is 478. The number of hydrogen-bond donors (Lipinski definition) is 2. The van der Waals surface area contributed by atoms with Crippen LogP contribution in [-0.2, 0) is 6.54 Å². The molecule has 1 aromatic rings. The van der Waals surface area contributed by atoms with Gasteiger partial charge in [0.2, 0.25) is 0 Å². The Hall–Kier alpha value is -1.57. The fraction of sp³-hybridized carbons (Fsp3) is 0.429. The SMILES string of the molecule is O=c1[nH]c(=O)n(CCCS)cc1[N+](=O)[O-]. The van der Waals surface area contributed by atoms with Crippen molar-refractivity contribution < 1.29 is 4.92 Å². The molecule has 82 valence electrons. The van der Waals surface area contributed by atoms with Crippen LogP contribution < -0.4 is 11.2 Å². The van der Waals surface area contributed by atoms with Crippen molar-refractivity contribution >= 4 is 18.3 Å². The van der Waals surface area contributed by atoms with Gasteiger partial charge in [-0.2, -0.15) is 12.6 Å². The Morgan fingerprint density at radius 1 is 1.53 bits per heavy atom. The van der Waals surface area contributed by atoms with Crippen molar-refractivity contribution in [3.05, 3.63) is 37.1 Å². The number of H-pyrrole nitrogens is 1. The van der Waals surface area contributed by atoms with E-state index in [0.717, 1.165) is 10.8 Å². The number of aromatic nitrogens is 2. The summed E-state index contributed by atoms with van der Waals surface area (Å²) in [5.74, 6) is 0.555. The van der Waals surface area contributed by atoms with Crippen LogP contribution in [0.1, 0.15) is 6.42 Å². The molecular weight excluding hydrogens is 222 g/mol. The van der Waals surface area contributed by atoms with Gasteiger partial charge in [-0.3, -0.25) is 24.5 Å². The molecule has 0 saturated heterocycles. The number of rotatable bonds is 4. The van der Waals surface area contributed by atoms with E-state index in [1.165, 1.54) is 0 Å². The molecule has 0 bridgehead atoms. The predicted octanol–water partition coefficient (Wildman–Crippen LogP) is -0.235. The van der Waals surface area contributed by atoms with Crippen LogP contribution >= 0.6 is 12.6 Å². The Labute approximate surface area is 89.3 Å². The third-order valence-electron chi connectivity index (χ3n) is 1.75. The molecule has 0 spiro atoms. The molecule has 0 unspecified atom stereocenters. The van der Waals surface area contributed by atoms with Gasteiger partial charge in [0.1, 0.15) is 0 Å². The van der Waals surface area contributed by atoms with Gasteiger partial charge in [0.15, 0.2) is 0 Å². The highest BCUT2D eigenvalue weighted by Gasteiger charge is 2.14. The minimum atomic E-state index is -0.980. The maximum Gasteiger partial charge on any atom is 0.350 e. The molecule has 0 aliphatic rings. The van der Waals surface area contributed by atoms with Gasteiger partial charge >= 0.3 is 16.9 Å². The minimum absolute atomic E-state index is 0.292. The van der Waals surface area contributed by atoms with Crippen molar-refractivity contribution in [2.45, 2.75) is 13.0 Å². The molecule has 0 radical (unpaired) electrons. The molecule has 0 fully saturated rings. The first-order valence-electron chi connectivity index (χ1n) is 4.15. The van der Waals surface area contributed by atoms with Crippen LogP contribution in [0, 0.1) is 10.1 Å². The van der Waals surface area contributed by atoms with E-state index in [1.807, 2.05) is 4.98 Å². The van der Waals surface area contributed by atoms with Crippen molar-refractivity contribution in [3.63, 3.8) is 0 Å². The van der Waals surface area contributed by atoms with E-state index in [9.17, 15) is 19.7 Å². The summed E-state index contributed by atoms with van der Waals surface area (Å²) in [6.45, 7) is 0.292. The molecular formula is C7H9N3O4S. The lowest BCUT2D eigenvalue weighted by atomic mass is 10.4. The average Bonchev–Trinajstić information content (AvgIpc) is 2.16. The first-order valence-corrected chi connectivity index (χ1v) is 4.78. The van der Waals surface area contributed by atoms with Crippen LogP contribution in [0.2, 0.25) is 0 Å². The maximum absolute atomic E-state index is 11.2. The van der Waals surface area contributed by atoms with E-state index in [2.05, 4.69) is 12.6 Å². The highest BCUT2D eigenvalue weighted by Crippen LogP contribution is 1.99. The van der Waals surface area contributed by atoms with Gasteiger partial charge in [-0.1, -0.05) is 0 Å². The van der Waals surface area contributed by atoms with E-state index in [0.29, 0.717) is 18.7 Å². The van der Waals surface area contributed by atoms with Gasteiger partial charge in [-0.15, -0.1) is 0 Å². The molecule has 0 atom stereocenters. The summed E-state index contributed by atoms with van der Waals surface area (Å²) in [6.07, 6.45) is 1.54. The van der Waals surface area contributed by atoms with Crippen LogP contribution in [0.4, 0.5) is 5.69 Å². The van der Waals surface area contributed by atoms with E-state index < -0.39 is 21.9 Å². The molecule has 15 heavy (non-hydrogen) atoms. The van der Waals surface area contributed by atoms with Crippen LogP contribution in [-0.4, -0.2) is 20.2 Å². The van der Waals surface area contributed by atoms with Gasteiger partial charge in [-0.25, -0.2) is 4.79 Å². The second kappa shape index (κ2) is 4.78. The van der Waals surface area contributed by atoms with E-state index in [4.69, 9.17) is 0 Å². The number of hydrogen-bond acceptors (Lipinski definition) is 5. The van der Waals surface area contributed by atoms with Crippen molar-refractivity contribution in [2.24, 2.45) is 0 Å². The van der Waals surface area contributed by atoms with Gasteiger partial charge in [0.25, 0.3) is 0 Å². The van der Waals surface area contributed by atoms with Crippen molar-refractivity contribution in [1.29, 1.82) is 0 Å². The molecule has 0 aliphatic carbocycles. The first kappa shape index (κ1) is 11.5. The molecule has 1 aromatic heterocycles. The topological polar surface area (TPSA) is 98.0 Å². The molecule has 0 saturated carbocycles. The summed E-state index contributed by atoms with van der Waals surface area (Å²) in [4.78, 5) is 33.6. The van der Waals surface area contributed by atoms with E-state index in [1.54, 1.807) is 0 Å². The molecule has 0 aromatic carbocycles. The zero-order valence-corrected chi connectivity index (χ0v) is 8.57. The molecule has 1 N–H and O–H groups in total. The van der Waals surface area contributed by atoms with Crippen LogP contribution in [0.15, 0.2) is 15.8 Å². The summed E-state index contributed by atoms with van der Waals surface area (Å²) in [7, 11) is 0. The number of aromatic amines is 1. The highest BCUT2D eigenvalue weighted by atomic mass is 32.1. The Balaban J connectivity index is 3.18. The number of aryl methyl sites for hydroxylation is 1. The summed E-state index contributed by atoms with van der Waals surface area (Å²) >= 11 is 3.95. The largest absolute Gasteiger partial charge is 0.350 e. The van der Waals surface area contributed by atoms with Crippen molar-refractivity contribution in [1.82, 2.24) is 9.55 Å². The second-order valence-corrected chi connectivity index (χ2v) is 3.25. The molecule has 7 nitrogen and oxygen atoms in total. The summed E-state index contributed by atoms with van der Waals surface area (Å²) < 4.78 is 1.09. The first-order chi connectivity index (χ1) is 7.06. The fourth-order valence-electron chi connectivity index (χ4n) is 1.04. The van der Waals surface area contributed by atoms with Crippen LogP contribution in [0.25, 0.3) is 0 Å². The lowest BCUT2D eigenvalue weighted by Crippen LogP contribution is -2.30. The quantitative estimate of drug-likeness (QED) is 0.424. The summed E-state index contributed by atoms with van der Waals surface area (Å²) in [5, 5.41) is 10.4. The lowest BCUT2D eigenvalue weighted by molar-refractivity contribution is -0.386.